The highest BCUT2D eigenvalue weighted by Gasteiger charge is 2.25. The van der Waals surface area contributed by atoms with Crippen molar-refractivity contribution >= 4 is 0 Å². The molecule has 4 nitrogen and oxygen atoms in total. The van der Waals surface area contributed by atoms with Crippen LogP contribution in [-0.4, -0.2) is 34.7 Å². The summed E-state index contributed by atoms with van der Waals surface area (Å²) >= 11 is 0. The molecule has 4 heteroatoms. The molecule has 2 heterocycles. The molecular weight excluding hydrogens is 298 g/mol. The first-order valence-corrected chi connectivity index (χ1v) is 9.15. The fourth-order valence-corrected chi connectivity index (χ4v) is 3.37. The molecule has 1 fully saturated rings. The Labute approximate surface area is 145 Å². The summed E-state index contributed by atoms with van der Waals surface area (Å²) in [4.78, 5) is 2.53. The maximum absolute atomic E-state index is 5.88. The summed E-state index contributed by atoms with van der Waals surface area (Å²) in [6.45, 7) is 10.7. The molecule has 1 aromatic heterocycles. The number of nitrogens with zero attached hydrogens (tertiary/aromatic N) is 2. The van der Waals surface area contributed by atoms with Gasteiger partial charge >= 0.3 is 0 Å². The molecule has 0 unspecified atom stereocenters. The molecule has 130 valence electrons. The van der Waals surface area contributed by atoms with Gasteiger partial charge in [0.25, 0.3) is 0 Å². The fourth-order valence-electron chi connectivity index (χ4n) is 3.37. The zero-order chi connectivity index (χ0) is 16.9. The van der Waals surface area contributed by atoms with E-state index in [1.165, 1.54) is 37.2 Å². The van der Waals surface area contributed by atoms with Gasteiger partial charge in [0.05, 0.1) is 11.4 Å². The second kappa shape index (κ2) is 7.84. The molecule has 1 saturated heterocycles. The normalized spacial score (nSPS) is 18.4. The lowest BCUT2D eigenvalue weighted by atomic mass is 10.0. The Balaban J connectivity index is 1.53. The molecule has 3 rings (SSSR count). The maximum Gasteiger partial charge on any atom is 0.130 e. The monoisotopic (exact) mass is 327 g/mol. The lowest BCUT2D eigenvalue weighted by Gasteiger charge is -2.13. The van der Waals surface area contributed by atoms with Crippen molar-refractivity contribution in [3.63, 3.8) is 0 Å². The zero-order valence-electron chi connectivity index (χ0n) is 15.1. The van der Waals surface area contributed by atoms with Crippen LogP contribution in [0.15, 0.2) is 30.3 Å². The predicted molar refractivity (Wildman–Crippen MR) is 97.5 cm³/mol. The molecule has 0 amide bonds. The molecule has 1 aliphatic heterocycles. The van der Waals surface area contributed by atoms with Gasteiger partial charge in [-0.3, -0.25) is 5.10 Å². The SMILES string of the molecule is CCCN1CC[C@@H](c2cc(COc3ccc(C(C)C)cc3)[nH]n2)C1. The number of aromatic nitrogens is 2. The predicted octanol–water partition coefficient (Wildman–Crippen LogP) is 4.31. The number of rotatable bonds is 7. The van der Waals surface area contributed by atoms with E-state index in [4.69, 9.17) is 4.74 Å². The van der Waals surface area contributed by atoms with E-state index in [9.17, 15) is 0 Å². The van der Waals surface area contributed by atoms with Crippen LogP contribution in [0.25, 0.3) is 0 Å². The van der Waals surface area contributed by atoms with Gasteiger partial charge in [-0.1, -0.05) is 32.9 Å². The van der Waals surface area contributed by atoms with E-state index in [1.807, 2.05) is 12.1 Å². The van der Waals surface area contributed by atoms with E-state index in [0.717, 1.165) is 18.0 Å². The third-order valence-corrected chi connectivity index (χ3v) is 4.82. The summed E-state index contributed by atoms with van der Waals surface area (Å²) in [5.74, 6) is 2.02. The van der Waals surface area contributed by atoms with Crippen molar-refractivity contribution in [3.8, 4) is 5.75 Å². The van der Waals surface area contributed by atoms with Crippen molar-refractivity contribution in [2.24, 2.45) is 0 Å². The summed E-state index contributed by atoms with van der Waals surface area (Å²) in [7, 11) is 0. The van der Waals surface area contributed by atoms with Crippen LogP contribution in [0.1, 0.15) is 62.4 Å². The number of hydrogen-bond donors (Lipinski definition) is 1. The number of likely N-dealkylation sites (tertiary alicyclic amines) is 1. The van der Waals surface area contributed by atoms with Gasteiger partial charge in [0.1, 0.15) is 12.4 Å². The number of ether oxygens (including phenoxy) is 1. The van der Waals surface area contributed by atoms with E-state index in [-0.39, 0.29) is 0 Å². The Hall–Kier alpha value is -1.81. The van der Waals surface area contributed by atoms with Crippen molar-refractivity contribution in [2.75, 3.05) is 19.6 Å². The Morgan fingerprint density at radius 1 is 1.29 bits per heavy atom. The van der Waals surface area contributed by atoms with Gasteiger partial charge in [-0.05, 0) is 55.6 Å². The Kier molecular flexibility index (Phi) is 5.56. The molecule has 0 aliphatic carbocycles. The van der Waals surface area contributed by atoms with Gasteiger partial charge < -0.3 is 9.64 Å². The summed E-state index contributed by atoms with van der Waals surface area (Å²) in [6.07, 6.45) is 2.43. The molecule has 1 N–H and O–H groups in total. The van der Waals surface area contributed by atoms with Crippen LogP contribution >= 0.6 is 0 Å². The number of nitrogens with one attached hydrogen (secondary N) is 1. The van der Waals surface area contributed by atoms with Crippen LogP contribution in [0.3, 0.4) is 0 Å². The summed E-state index contributed by atoms with van der Waals surface area (Å²) < 4.78 is 5.88. The quantitative estimate of drug-likeness (QED) is 0.824. The van der Waals surface area contributed by atoms with E-state index in [0.29, 0.717) is 18.4 Å². The Morgan fingerprint density at radius 3 is 2.79 bits per heavy atom. The molecule has 0 spiro atoms. The molecule has 24 heavy (non-hydrogen) atoms. The highest BCUT2D eigenvalue weighted by molar-refractivity contribution is 5.29. The van der Waals surface area contributed by atoms with Crippen molar-refractivity contribution in [1.29, 1.82) is 0 Å². The first kappa shape index (κ1) is 17.0. The van der Waals surface area contributed by atoms with Gasteiger partial charge in [0, 0.05) is 12.5 Å². The van der Waals surface area contributed by atoms with Crippen molar-refractivity contribution in [1.82, 2.24) is 15.1 Å². The van der Waals surface area contributed by atoms with Crippen molar-refractivity contribution in [3.05, 3.63) is 47.3 Å². The van der Waals surface area contributed by atoms with Gasteiger partial charge in [0.15, 0.2) is 0 Å². The highest BCUT2D eigenvalue weighted by Crippen LogP contribution is 2.26. The molecule has 1 aromatic carbocycles. The topological polar surface area (TPSA) is 41.1 Å². The summed E-state index contributed by atoms with van der Waals surface area (Å²) in [5.41, 5.74) is 3.57. The standard InChI is InChI=1S/C20H29N3O/c1-4-10-23-11-9-17(13-23)20-12-18(21-22-20)14-24-19-7-5-16(6-8-19)15(2)3/h5-8,12,15,17H,4,9-11,13-14H2,1-3H3,(H,21,22)/t17-/m1/s1. The number of benzene rings is 1. The third-order valence-electron chi connectivity index (χ3n) is 4.82. The average Bonchev–Trinajstić information content (AvgIpc) is 3.23. The van der Waals surface area contributed by atoms with Crippen molar-refractivity contribution < 1.29 is 4.74 Å². The van der Waals surface area contributed by atoms with E-state index in [1.54, 1.807) is 0 Å². The first-order valence-electron chi connectivity index (χ1n) is 9.15. The summed E-state index contributed by atoms with van der Waals surface area (Å²) in [6, 6.07) is 10.5. The second-order valence-electron chi connectivity index (χ2n) is 7.12. The second-order valence-corrected chi connectivity index (χ2v) is 7.12. The largest absolute Gasteiger partial charge is 0.487 e. The molecular formula is C20H29N3O. The minimum absolute atomic E-state index is 0.541. The maximum atomic E-state index is 5.88. The van der Waals surface area contributed by atoms with Crippen molar-refractivity contribution in [2.45, 2.75) is 52.1 Å². The highest BCUT2D eigenvalue weighted by atomic mass is 16.5. The van der Waals surface area contributed by atoms with Gasteiger partial charge in [-0.25, -0.2) is 0 Å². The van der Waals surface area contributed by atoms with E-state index < -0.39 is 0 Å². The zero-order valence-corrected chi connectivity index (χ0v) is 15.1. The molecule has 0 radical (unpaired) electrons. The fraction of sp³-hybridized carbons (Fsp3) is 0.550. The van der Waals surface area contributed by atoms with Gasteiger partial charge in [-0.2, -0.15) is 5.10 Å². The molecule has 1 aliphatic rings. The smallest absolute Gasteiger partial charge is 0.130 e. The number of aromatic amines is 1. The van der Waals surface area contributed by atoms with Gasteiger partial charge in [0.2, 0.25) is 0 Å². The third kappa shape index (κ3) is 4.18. The molecule has 2 aromatic rings. The Bertz CT molecular complexity index is 633. The average molecular weight is 327 g/mol. The minimum Gasteiger partial charge on any atom is -0.487 e. The number of hydrogen-bond acceptors (Lipinski definition) is 3. The number of H-pyrrole nitrogens is 1. The van der Waals surface area contributed by atoms with Gasteiger partial charge in [-0.15, -0.1) is 0 Å². The van der Waals surface area contributed by atoms with Crippen LogP contribution in [-0.2, 0) is 6.61 Å². The van der Waals surface area contributed by atoms with Crippen LogP contribution < -0.4 is 4.74 Å². The molecule has 0 saturated carbocycles. The van der Waals surface area contributed by atoms with Crippen LogP contribution in [0.5, 0.6) is 5.75 Å². The van der Waals surface area contributed by atoms with Crippen LogP contribution in [0.4, 0.5) is 0 Å². The van der Waals surface area contributed by atoms with Crippen LogP contribution in [0.2, 0.25) is 0 Å². The first-order chi connectivity index (χ1) is 11.7. The van der Waals surface area contributed by atoms with Crippen LogP contribution in [0, 0.1) is 0 Å². The van der Waals surface area contributed by atoms with E-state index in [2.05, 4.69) is 54.1 Å². The lowest BCUT2D eigenvalue weighted by molar-refractivity contribution is 0.301. The molecule has 0 bridgehead atoms. The minimum atomic E-state index is 0.541. The lowest BCUT2D eigenvalue weighted by Crippen LogP contribution is -2.20. The molecule has 1 atom stereocenters. The Morgan fingerprint density at radius 2 is 2.08 bits per heavy atom. The van der Waals surface area contributed by atoms with E-state index >= 15 is 0 Å². The summed E-state index contributed by atoms with van der Waals surface area (Å²) in [5, 5.41) is 7.65.